The lowest BCUT2D eigenvalue weighted by Gasteiger charge is -2.00. The highest BCUT2D eigenvalue weighted by atomic mass is 35.5. The van der Waals surface area contributed by atoms with E-state index in [1.807, 2.05) is 19.2 Å². The van der Waals surface area contributed by atoms with Gasteiger partial charge in [0.15, 0.2) is 0 Å². The summed E-state index contributed by atoms with van der Waals surface area (Å²) < 4.78 is 0. The second-order valence-corrected chi connectivity index (χ2v) is 4.53. The van der Waals surface area contributed by atoms with Gasteiger partial charge in [-0.05, 0) is 44.3 Å². The minimum Gasteiger partial charge on any atom is -0.320 e. The van der Waals surface area contributed by atoms with Crippen LogP contribution in [0.15, 0.2) is 23.4 Å². The Morgan fingerprint density at radius 2 is 2.29 bits per heavy atom. The maximum absolute atomic E-state index is 5.73. The van der Waals surface area contributed by atoms with Gasteiger partial charge in [-0.15, -0.1) is 11.8 Å². The first-order valence-corrected chi connectivity index (χ1v) is 6.08. The Morgan fingerprint density at radius 1 is 1.43 bits per heavy atom. The van der Waals surface area contributed by atoms with E-state index >= 15 is 0 Å². The molecule has 1 aromatic heterocycles. The fourth-order valence-corrected chi connectivity index (χ4v) is 1.99. The van der Waals surface area contributed by atoms with Gasteiger partial charge in [0.25, 0.3) is 0 Å². The number of hydrogen-bond donors (Lipinski definition) is 1. The second kappa shape index (κ2) is 7.10. The summed E-state index contributed by atoms with van der Waals surface area (Å²) in [7, 11) is 1.98. The zero-order valence-corrected chi connectivity index (χ0v) is 9.87. The highest BCUT2D eigenvalue weighted by Crippen LogP contribution is 2.18. The van der Waals surface area contributed by atoms with Crippen LogP contribution in [0, 0.1) is 0 Å². The maximum Gasteiger partial charge on any atom is 0.0960 e. The van der Waals surface area contributed by atoms with Gasteiger partial charge in [-0.3, -0.25) is 0 Å². The van der Waals surface area contributed by atoms with Crippen LogP contribution in [-0.4, -0.2) is 24.3 Å². The number of nitrogens with zero attached hydrogens (tertiary/aromatic N) is 1. The van der Waals surface area contributed by atoms with Gasteiger partial charge < -0.3 is 5.32 Å². The molecule has 0 unspecified atom stereocenters. The SMILES string of the molecule is CNCCCCSc1ccc(Cl)cn1. The molecule has 0 aliphatic carbocycles. The summed E-state index contributed by atoms with van der Waals surface area (Å²) in [5.41, 5.74) is 0. The van der Waals surface area contributed by atoms with Gasteiger partial charge in [-0.2, -0.15) is 0 Å². The molecule has 1 rings (SSSR count). The van der Waals surface area contributed by atoms with Crippen LogP contribution in [-0.2, 0) is 0 Å². The van der Waals surface area contributed by atoms with Crippen molar-refractivity contribution in [2.24, 2.45) is 0 Å². The van der Waals surface area contributed by atoms with Crippen LogP contribution in [0.4, 0.5) is 0 Å². The highest BCUT2D eigenvalue weighted by molar-refractivity contribution is 7.99. The lowest BCUT2D eigenvalue weighted by atomic mass is 10.3. The standard InChI is InChI=1S/C10H15ClN2S/c1-12-6-2-3-7-14-10-5-4-9(11)8-13-10/h4-5,8,12H,2-3,6-7H2,1H3. The van der Waals surface area contributed by atoms with Gasteiger partial charge in [0.05, 0.1) is 10.0 Å². The summed E-state index contributed by atoms with van der Waals surface area (Å²) in [5.74, 6) is 1.12. The molecule has 0 saturated heterocycles. The van der Waals surface area contributed by atoms with E-state index in [0.29, 0.717) is 5.02 Å². The van der Waals surface area contributed by atoms with E-state index in [-0.39, 0.29) is 0 Å². The van der Waals surface area contributed by atoms with Gasteiger partial charge in [-0.25, -0.2) is 4.98 Å². The van der Waals surface area contributed by atoms with Crippen molar-refractivity contribution >= 4 is 23.4 Å². The Bertz CT molecular complexity index is 251. The third kappa shape index (κ3) is 4.84. The Balaban J connectivity index is 2.15. The molecule has 0 saturated carbocycles. The van der Waals surface area contributed by atoms with Crippen LogP contribution in [0.2, 0.25) is 5.02 Å². The molecule has 1 heterocycles. The largest absolute Gasteiger partial charge is 0.320 e. The third-order valence-corrected chi connectivity index (χ3v) is 3.02. The molecule has 1 aromatic rings. The Morgan fingerprint density at radius 3 is 2.93 bits per heavy atom. The van der Waals surface area contributed by atoms with Crippen molar-refractivity contribution < 1.29 is 0 Å². The fourth-order valence-electron chi connectivity index (χ4n) is 1.03. The zero-order valence-electron chi connectivity index (χ0n) is 8.29. The van der Waals surface area contributed by atoms with Crippen molar-refractivity contribution in [1.82, 2.24) is 10.3 Å². The van der Waals surface area contributed by atoms with E-state index < -0.39 is 0 Å². The lowest BCUT2D eigenvalue weighted by molar-refractivity contribution is 0.714. The summed E-state index contributed by atoms with van der Waals surface area (Å²) in [6.07, 6.45) is 4.13. The lowest BCUT2D eigenvalue weighted by Crippen LogP contribution is -2.07. The predicted octanol–water partition coefficient (Wildman–Crippen LogP) is 2.83. The van der Waals surface area contributed by atoms with Gasteiger partial charge >= 0.3 is 0 Å². The summed E-state index contributed by atoms with van der Waals surface area (Å²) in [6.45, 7) is 1.09. The Hall–Kier alpha value is -0.250. The molecular weight excluding hydrogens is 216 g/mol. The number of hydrogen-bond acceptors (Lipinski definition) is 3. The average Bonchev–Trinajstić information content (AvgIpc) is 2.21. The van der Waals surface area contributed by atoms with Gasteiger partial charge in [0.1, 0.15) is 0 Å². The number of rotatable bonds is 6. The van der Waals surface area contributed by atoms with Crippen LogP contribution >= 0.6 is 23.4 Å². The molecule has 78 valence electrons. The van der Waals surface area contributed by atoms with Crippen molar-refractivity contribution in [1.29, 1.82) is 0 Å². The van der Waals surface area contributed by atoms with Gasteiger partial charge in [0.2, 0.25) is 0 Å². The molecule has 1 N–H and O–H groups in total. The molecule has 0 amide bonds. The van der Waals surface area contributed by atoms with Crippen molar-refractivity contribution in [2.75, 3.05) is 19.3 Å². The molecule has 4 heteroatoms. The number of nitrogens with one attached hydrogen (secondary N) is 1. The fraction of sp³-hybridized carbons (Fsp3) is 0.500. The maximum atomic E-state index is 5.73. The normalized spacial score (nSPS) is 10.4. The predicted molar refractivity (Wildman–Crippen MR) is 63.1 cm³/mol. The van der Waals surface area contributed by atoms with Crippen molar-refractivity contribution in [3.63, 3.8) is 0 Å². The zero-order chi connectivity index (χ0) is 10.2. The second-order valence-electron chi connectivity index (χ2n) is 2.97. The van der Waals surface area contributed by atoms with E-state index in [2.05, 4.69) is 10.3 Å². The molecule has 0 aliphatic heterocycles. The van der Waals surface area contributed by atoms with Gasteiger partial charge in [0, 0.05) is 6.20 Å². The summed E-state index contributed by atoms with van der Waals surface area (Å²) >= 11 is 7.52. The van der Waals surface area contributed by atoms with E-state index in [9.17, 15) is 0 Å². The average molecular weight is 231 g/mol. The summed E-state index contributed by atoms with van der Waals surface area (Å²) in [5, 5.41) is 4.88. The van der Waals surface area contributed by atoms with Gasteiger partial charge in [-0.1, -0.05) is 11.6 Å². The minimum atomic E-state index is 0.699. The molecule has 0 fully saturated rings. The smallest absolute Gasteiger partial charge is 0.0960 e. The Labute approximate surface area is 94.5 Å². The number of aromatic nitrogens is 1. The van der Waals surface area contributed by atoms with Crippen molar-refractivity contribution in [2.45, 2.75) is 17.9 Å². The van der Waals surface area contributed by atoms with Crippen molar-refractivity contribution in [3.8, 4) is 0 Å². The van der Waals surface area contributed by atoms with Crippen molar-refractivity contribution in [3.05, 3.63) is 23.4 Å². The number of thioether (sulfide) groups is 1. The summed E-state index contributed by atoms with van der Waals surface area (Å²) in [6, 6.07) is 3.84. The van der Waals surface area contributed by atoms with E-state index in [1.54, 1.807) is 18.0 Å². The first-order chi connectivity index (χ1) is 6.83. The third-order valence-electron chi connectivity index (χ3n) is 1.77. The topological polar surface area (TPSA) is 24.9 Å². The molecule has 0 aliphatic rings. The van der Waals surface area contributed by atoms with Crippen LogP contribution < -0.4 is 5.32 Å². The molecular formula is C10H15ClN2S. The molecule has 0 aromatic carbocycles. The van der Waals surface area contributed by atoms with Crippen LogP contribution in [0.5, 0.6) is 0 Å². The molecule has 0 atom stereocenters. The quantitative estimate of drug-likeness (QED) is 0.601. The van der Waals surface area contributed by atoms with E-state index in [1.165, 1.54) is 12.8 Å². The minimum absolute atomic E-state index is 0.699. The number of pyridine rings is 1. The van der Waals surface area contributed by atoms with E-state index in [0.717, 1.165) is 17.3 Å². The summed E-state index contributed by atoms with van der Waals surface area (Å²) in [4.78, 5) is 4.21. The Kier molecular flexibility index (Phi) is 5.99. The molecule has 0 spiro atoms. The van der Waals surface area contributed by atoms with Crippen LogP contribution in [0.25, 0.3) is 0 Å². The van der Waals surface area contributed by atoms with Crippen LogP contribution in [0.1, 0.15) is 12.8 Å². The molecule has 0 radical (unpaired) electrons. The monoisotopic (exact) mass is 230 g/mol. The number of unbranched alkanes of at least 4 members (excludes halogenated alkanes) is 1. The van der Waals surface area contributed by atoms with E-state index in [4.69, 9.17) is 11.6 Å². The molecule has 2 nitrogen and oxygen atoms in total. The molecule has 0 bridgehead atoms. The number of halogens is 1. The first-order valence-electron chi connectivity index (χ1n) is 4.72. The van der Waals surface area contributed by atoms with Crippen LogP contribution in [0.3, 0.4) is 0 Å². The molecule has 14 heavy (non-hydrogen) atoms. The first kappa shape index (κ1) is 11.8. The highest BCUT2D eigenvalue weighted by Gasteiger charge is 1.95.